The summed E-state index contributed by atoms with van der Waals surface area (Å²) in [4.78, 5) is 0. The maximum Gasteiger partial charge on any atom is 0.197 e. The normalized spacial score (nSPS) is 13.5. The van der Waals surface area contributed by atoms with Crippen molar-refractivity contribution in [2.45, 2.75) is 19.4 Å². The van der Waals surface area contributed by atoms with Crippen molar-refractivity contribution in [1.29, 1.82) is 0 Å². The molecule has 0 saturated heterocycles. The molecule has 1 aromatic rings. The van der Waals surface area contributed by atoms with E-state index in [9.17, 15) is 0 Å². The highest BCUT2D eigenvalue weighted by atomic mass is 35.5. The van der Waals surface area contributed by atoms with Crippen molar-refractivity contribution in [1.82, 2.24) is 0 Å². The zero-order valence-electron chi connectivity index (χ0n) is 5.80. The number of hydrogen-bond donors (Lipinski definition) is 1. The van der Waals surface area contributed by atoms with Crippen molar-refractivity contribution in [3.63, 3.8) is 0 Å². The number of hydrogen-bond acceptors (Lipinski definition) is 2. The van der Waals surface area contributed by atoms with E-state index in [0.29, 0.717) is 5.22 Å². The van der Waals surface area contributed by atoms with Crippen molar-refractivity contribution in [2.24, 2.45) is 5.73 Å². The zero-order valence-corrected chi connectivity index (χ0v) is 6.56. The largest absolute Gasteiger partial charge is 0.453 e. The van der Waals surface area contributed by atoms with Gasteiger partial charge in [0.1, 0.15) is 0 Å². The average molecular weight is 160 g/mol. The smallest absolute Gasteiger partial charge is 0.197 e. The van der Waals surface area contributed by atoms with Crippen molar-refractivity contribution in [2.75, 3.05) is 0 Å². The summed E-state index contributed by atoms with van der Waals surface area (Å²) in [5.74, 6) is 0. The SMILES string of the molecule is CC[C@H](N)c1ccoc1Cl. The molecule has 3 heteroatoms. The molecule has 1 aromatic heterocycles. The third kappa shape index (κ3) is 1.33. The Hall–Kier alpha value is -0.470. The summed E-state index contributed by atoms with van der Waals surface area (Å²) < 4.78 is 4.87. The molecule has 0 bridgehead atoms. The first-order chi connectivity index (χ1) is 4.75. The number of halogens is 1. The Morgan fingerprint density at radius 3 is 2.90 bits per heavy atom. The van der Waals surface area contributed by atoms with Gasteiger partial charge in [-0.15, -0.1) is 0 Å². The van der Waals surface area contributed by atoms with E-state index in [-0.39, 0.29) is 6.04 Å². The fraction of sp³-hybridized carbons (Fsp3) is 0.429. The van der Waals surface area contributed by atoms with Crippen LogP contribution in [0.5, 0.6) is 0 Å². The van der Waals surface area contributed by atoms with Gasteiger partial charge in [-0.1, -0.05) is 6.92 Å². The number of furan rings is 1. The van der Waals surface area contributed by atoms with Crippen LogP contribution in [0.1, 0.15) is 24.9 Å². The molecule has 1 atom stereocenters. The number of rotatable bonds is 2. The lowest BCUT2D eigenvalue weighted by molar-refractivity contribution is 0.559. The van der Waals surface area contributed by atoms with Gasteiger partial charge in [0.25, 0.3) is 0 Å². The minimum atomic E-state index is 0.00579. The molecule has 10 heavy (non-hydrogen) atoms. The highest BCUT2D eigenvalue weighted by Crippen LogP contribution is 2.23. The van der Waals surface area contributed by atoms with Crippen LogP contribution < -0.4 is 5.73 Å². The molecule has 0 saturated carbocycles. The topological polar surface area (TPSA) is 39.2 Å². The molecule has 0 aliphatic heterocycles. The lowest BCUT2D eigenvalue weighted by atomic mass is 10.1. The highest BCUT2D eigenvalue weighted by Gasteiger charge is 2.09. The van der Waals surface area contributed by atoms with Gasteiger partial charge >= 0.3 is 0 Å². The van der Waals surface area contributed by atoms with E-state index in [1.54, 1.807) is 12.3 Å². The predicted molar refractivity (Wildman–Crippen MR) is 40.9 cm³/mol. The lowest BCUT2D eigenvalue weighted by Gasteiger charge is -2.04. The predicted octanol–water partition coefficient (Wildman–Crippen LogP) is 2.34. The van der Waals surface area contributed by atoms with Gasteiger partial charge in [-0.05, 0) is 24.1 Å². The van der Waals surface area contributed by atoms with Gasteiger partial charge in [0.05, 0.1) is 6.26 Å². The molecule has 0 amide bonds. The van der Waals surface area contributed by atoms with Crippen LogP contribution >= 0.6 is 11.6 Å². The van der Waals surface area contributed by atoms with Crippen molar-refractivity contribution >= 4 is 11.6 Å². The van der Waals surface area contributed by atoms with Gasteiger partial charge in [-0.2, -0.15) is 0 Å². The summed E-state index contributed by atoms with van der Waals surface area (Å²) in [6.07, 6.45) is 2.42. The molecule has 1 rings (SSSR count). The minimum Gasteiger partial charge on any atom is -0.453 e. The van der Waals surface area contributed by atoms with Crippen LogP contribution in [-0.4, -0.2) is 0 Å². The van der Waals surface area contributed by atoms with Crippen LogP contribution in [0.2, 0.25) is 5.22 Å². The Labute approximate surface area is 65.0 Å². The molecule has 0 aromatic carbocycles. The first-order valence-electron chi connectivity index (χ1n) is 3.24. The first kappa shape index (κ1) is 7.63. The highest BCUT2D eigenvalue weighted by molar-refractivity contribution is 6.29. The van der Waals surface area contributed by atoms with E-state index in [0.717, 1.165) is 12.0 Å². The number of nitrogens with two attached hydrogens (primary N) is 1. The summed E-state index contributed by atoms with van der Waals surface area (Å²) in [5, 5.41) is 0.411. The van der Waals surface area contributed by atoms with Gasteiger partial charge in [-0.25, -0.2) is 0 Å². The Morgan fingerprint density at radius 1 is 1.80 bits per heavy atom. The molecule has 2 N–H and O–H groups in total. The maximum absolute atomic E-state index is 5.70. The fourth-order valence-electron chi connectivity index (χ4n) is 0.790. The second-order valence-corrected chi connectivity index (χ2v) is 2.51. The van der Waals surface area contributed by atoms with E-state index in [2.05, 4.69) is 0 Å². The molecule has 0 radical (unpaired) electrons. The Kier molecular flexibility index (Phi) is 2.35. The summed E-state index contributed by atoms with van der Waals surface area (Å²) in [6.45, 7) is 2.01. The van der Waals surface area contributed by atoms with Gasteiger partial charge in [-0.3, -0.25) is 0 Å². The average Bonchev–Trinajstić information content (AvgIpc) is 2.34. The van der Waals surface area contributed by atoms with Crippen LogP contribution in [0.25, 0.3) is 0 Å². The third-order valence-corrected chi connectivity index (χ3v) is 1.79. The van der Waals surface area contributed by atoms with E-state index < -0.39 is 0 Å². The van der Waals surface area contributed by atoms with E-state index in [1.165, 1.54) is 0 Å². The molecule has 0 spiro atoms. The Morgan fingerprint density at radius 2 is 2.50 bits per heavy atom. The lowest BCUT2D eigenvalue weighted by Crippen LogP contribution is -2.07. The summed E-state index contributed by atoms with van der Waals surface area (Å²) in [5.41, 5.74) is 6.59. The standard InChI is InChI=1S/C7H10ClNO/c1-2-6(9)5-3-4-10-7(5)8/h3-4,6H,2,9H2,1H3/t6-/m0/s1. The Bertz CT molecular complexity index is 209. The molecule has 56 valence electrons. The third-order valence-electron chi connectivity index (χ3n) is 1.49. The van der Waals surface area contributed by atoms with Crippen LogP contribution in [0.3, 0.4) is 0 Å². The van der Waals surface area contributed by atoms with E-state index in [4.69, 9.17) is 21.8 Å². The Balaban J connectivity index is 2.82. The quantitative estimate of drug-likeness (QED) is 0.720. The molecule has 2 nitrogen and oxygen atoms in total. The molecule has 0 aliphatic carbocycles. The van der Waals surface area contributed by atoms with Crippen molar-refractivity contribution in [3.05, 3.63) is 23.1 Å². The molecular weight excluding hydrogens is 150 g/mol. The van der Waals surface area contributed by atoms with Crippen LogP contribution in [0.4, 0.5) is 0 Å². The maximum atomic E-state index is 5.70. The molecular formula is C7H10ClNO. The molecule has 1 heterocycles. The van der Waals surface area contributed by atoms with Gasteiger partial charge in [0, 0.05) is 11.6 Å². The minimum absolute atomic E-state index is 0.00579. The van der Waals surface area contributed by atoms with Crippen LogP contribution in [0, 0.1) is 0 Å². The van der Waals surface area contributed by atoms with Gasteiger partial charge in [0.2, 0.25) is 0 Å². The first-order valence-corrected chi connectivity index (χ1v) is 3.62. The zero-order chi connectivity index (χ0) is 7.56. The van der Waals surface area contributed by atoms with Crippen molar-refractivity contribution < 1.29 is 4.42 Å². The molecule has 0 aliphatic rings. The molecule has 0 fully saturated rings. The fourth-order valence-corrected chi connectivity index (χ4v) is 1.04. The monoisotopic (exact) mass is 159 g/mol. The second kappa shape index (κ2) is 3.08. The summed E-state index contributed by atoms with van der Waals surface area (Å²) >= 11 is 5.67. The second-order valence-electron chi connectivity index (χ2n) is 2.16. The summed E-state index contributed by atoms with van der Waals surface area (Å²) in [6, 6.07) is 1.81. The van der Waals surface area contributed by atoms with Gasteiger partial charge in [0.15, 0.2) is 5.22 Å². The van der Waals surface area contributed by atoms with E-state index >= 15 is 0 Å². The van der Waals surface area contributed by atoms with Crippen LogP contribution in [0.15, 0.2) is 16.7 Å². The van der Waals surface area contributed by atoms with E-state index in [1.807, 2.05) is 6.92 Å². The van der Waals surface area contributed by atoms with Crippen molar-refractivity contribution in [3.8, 4) is 0 Å². The van der Waals surface area contributed by atoms with Crippen LogP contribution in [-0.2, 0) is 0 Å². The van der Waals surface area contributed by atoms with Gasteiger partial charge < -0.3 is 10.2 Å². The summed E-state index contributed by atoms with van der Waals surface area (Å²) in [7, 11) is 0. The molecule has 0 unspecified atom stereocenters.